The fraction of sp³-hybridized carbons (Fsp3) is 0.250. The van der Waals surface area contributed by atoms with Crippen LogP contribution in [0.4, 0.5) is 18.9 Å². The second kappa shape index (κ2) is 3.27. The van der Waals surface area contributed by atoms with Crippen LogP contribution >= 0.6 is 11.8 Å². The molecule has 2 rings (SSSR count). The smallest absolute Gasteiger partial charge is 0.447 e. The summed E-state index contributed by atoms with van der Waals surface area (Å²) in [6.07, 6.45) is 0. The van der Waals surface area contributed by atoms with Crippen molar-refractivity contribution < 1.29 is 17.9 Å². The zero-order valence-electron chi connectivity index (χ0n) is 6.84. The number of anilines is 1. The van der Waals surface area contributed by atoms with E-state index in [1.54, 1.807) is 24.3 Å². The second-order valence-corrected chi connectivity index (χ2v) is 3.78. The summed E-state index contributed by atoms with van der Waals surface area (Å²) in [5.74, 6) is 0.453. The van der Waals surface area contributed by atoms with Crippen molar-refractivity contribution in [1.82, 2.24) is 0 Å². The molecule has 1 aromatic carbocycles. The molecule has 1 aliphatic heterocycles. The van der Waals surface area contributed by atoms with Crippen LogP contribution in [0.2, 0.25) is 0 Å². The minimum atomic E-state index is -4.29. The molecular weight excluding hydrogens is 215 g/mol. The fourth-order valence-electron chi connectivity index (χ4n) is 1.14. The SMILES string of the molecule is FC(F)(F)SC1Nc2ccccc2O1. The summed E-state index contributed by atoms with van der Waals surface area (Å²) in [7, 11) is 0. The molecule has 0 aromatic heterocycles. The van der Waals surface area contributed by atoms with E-state index in [1.165, 1.54) is 0 Å². The maximum Gasteiger partial charge on any atom is 0.447 e. The van der Waals surface area contributed by atoms with E-state index in [0.29, 0.717) is 11.4 Å². The standard InChI is InChI=1S/C8H6F3NOS/c9-8(10,11)14-7-12-5-3-1-2-4-6(5)13-7/h1-4,7,12H. The van der Waals surface area contributed by atoms with Crippen molar-refractivity contribution in [1.29, 1.82) is 0 Å². The molecule has 1 aromatic rings. The van der Waals surface area contributed by atoms with E-state index in [0.717, 1.165) is 0 Å². The van der Waals surface area contributed by atoms with E-state index in [4.69, 9.17) is 4.74 Å². The van der Waals surface area contributed by atoms with Crippen LogP contribution in [-0.2, 0) is 0 Å². The maximum atomic E-state index is 12.0. The van der Waals surface area contributed by atoms with Gasteiger partial charge in [-0.1, -0.05) is 12.1 Å². The zero-order valence-corrected chi connectivity index (χ0v) is 7.65. The molecule has 14 heavy (non-hydrogen) atoms. The molecular formula is C8H6F3NOS. The quantitative estimate of drug-likeness (QED) is 0.787. The van der Waals surface area contributed by atoms with E-state index in [1.807, 2.05) is 0 Å². The Morgan fingerprint density at radius 2 is 2.00 bits per heavy atom. The third-order valence-electron chi connectivity index (χ3n) is 1.64. The molecule has 1 N–H and O–H groups in total. The summed E-state index contributed by atoms with van der Waals surface area (Å²) in [6.45, 7) is 0. The third-order valence-corrected chi connectivity index (χ3v) is 2.33. The van der Waals surface area contributed by atoms with Crippen molar-refractivity contribution in [2.75, 3.05) is 5.32 Å². The van der Waals surface area contributed by atoms with Crippen LogP contribution in [0, 0.1) is 0 Å². The first-order chi connectivity index (χ1) is 6.54. The van der Waals surface area contributed by atoms with Crippen LogP contribution < -0.4 is 10.1 Å². The number of halogens is 3. The minimum absolute atomic E-state index is 0.212. The van der Waals surface area contributed by atoms with Gasteiger partial charge < -0.3 is 10.1 Å². The average Bonchev–Trinajstić information content (AvgIpc) is 2.42. The van der Waals surface area contributed by atoms with E-state index in [-0.39, 0.29) is 11.8 Å². The van der Waals surface area contributed by atoms with Gasteiger partial charge in [-0.25, -0.2) is 0 Å². The topological polar surface area (TPSA) is 21.3 Å². The highest BCUT2D eigenvalue weighted by Crippen LogP contribution is 2.41. The van der Waals surface area contributed by atoms with Gasteiger partial charge in [0.2, 0.25) is 5.56 Å². The highest BCUT2D eigenvalue weighted by Gasteiger charge is 2.37. The number of rotatable bonds is 1. The van der Waals surface area contributed by atoms with E-state index < -0.39 is 11.1 Å². The molecule has 1 atom stereocenters. The fourth-order valence-corrected chi connectivity index (χ4v) is 1.72. The number of alkyl halides is 3. The van der Waals surface area contributed by atoms with Crippen LogP contribution in [-0.4, -0.2) is 11.1 Å². The lowest BCUT2D eigenvalue weighted by molar-refractivity contribution is -0.0345. The molecule has 1 heterocycles. The summed E-state index contributed by atoms with van der Waals surface area (Å²) in [5.41, 5.74) is -4.78. The summed E-state index contributed by atoms with van der Waals surface area (Å²) < 4.78 is 40.9. The summed E-state index contributed by atoms with van der Waals surface area (Å²) in [4.78, 5) is 0. The van der Waals surface area contributed by atoms with Crippen LogP contribution in [0.5, 0.6) is 5.75 Å². The molecule has 0 saturated carbocycles. The molecule has 6 heteroatoms. The molecule has 0 aliphatic carbocycles. The number of thioether (sulfide) groups is 1. The lowest BCUT2D eigenvalue weighted by atomic mass is 10.3. The molecule has 0 radical (unpaired) electrons. The predicted octanol–water partition coefficient (Wildman–Crippen LogP) is 3.03. The number of ether oxygens (including phenoxy) is 1. The molecule has 1 aliphatic rings. The van der Waals surface area contributed by atoms with Gasteiger partial charge in [-0.15, -0.1) is 0 Å². The Balaban J connectivity index is 2.05. The van der Waals surface area contributed by atoms with Gasteiger partial charge in [0.1, 0.15) is 5.75 Å². The highest BCUT2D eigenvalue weighted by molar-refractivity contribution is 8.00. The largest absolute Gasteiger partial charge is 0.459 e. The van der Waals surface area contributed by atoms with Crippen molar-refractivity contribution >= 4 is 17.4 Å². The number of para-hydroxylation sites is 2. The minimum Gasteiger partial charge on any atom is -0.459 e. The number of fused-ring (bicyclic) bond motifs is 1. The summed E-state index contributed by atoms with van der Waals surface area (Å²) in [5, 5.41) is 2.61. The van der Waals surface area contributed by atoms with Gasteiger partial charge >= 0.3 is 5.51 Å². The van der Waals surface area contributed by atoms with E-state index >= 15 is 0 Å². The van der Waals surface area contributed by atoms with Crippen LogP contribution in [0.15, 0.2) is 24.3 Å². The van der Waals surface area contributed by atoms with Crippen LogP contribution in [0.25, 0.3) is 0 Å². The van der Waals surface area contributed by atoms with Gasteiger partial charge in [0.15, 0.2) is 0 Å². The Morgan fingerprint density at radius 3 is 2.64 bits per heavy atom. The molecule has 76 valence electrons. The first kappa shape index (κ1) is 9.51. The lowest BCUT2D eigenvalue weighted by Crippen LogP contribution is -2.20. The van der Waals surface area contributed by atoms with Crippen molar-refractivity contribution in [2.45, 2.75) is 11.1 Å². The third kappa shape index (κ3) is 2.06. The number of hydrogen-bond donors (Lipinski definition) is 1. The molecule has 0 spiro atoms. The summed E-state index contributed by atoms with van der Waals surface area (Å²) in [6, 6.07) is 6.74. The normalized spacial score (nSPS) is 19.8. The zero-order chi connectivity index (χ0) is 10.2. The van der Waals surface area contributed by atoms with Gasteiger partial charge in [-0.3, -0.25) is 0 Å². The Kier molecular flexibility index (Phi) is 2.22. The van der Waals surface area contributed by atoms with Gasteiger partial charge in [0, 0.05) is 11.8 Å². The molecule has 0 fully saturated rings. The Hall–Kier alpha value is -1.04. The highest BCUT2D eigenvalue weighted by atomic mass is 32.2. The van der Waals surface area contributed by atoms with E-state index in [9.17, 15) is 13.2 Å². The van der Waals surface area contributed by atoms with Crippen LogP contribution in [0.3, 0.4) is 0 Å². The van der Waals surface area contributed by atoms with Crippen molar-refractivity contribution in [2.24, 2.45) is 0 Å². The molecule has 0 saturated heterocycles. The first-order valence-corrected chi connectivity index (χ1v) is 4.69. The maximum absolute atomic E-state index is 12.0. The van der Waals surface area contributed by atoms with Crippen LogP contribution in [0.1, 0.15) is 0 Å². The second-order valence-electron chi connectivity index (χ2n) is 2.65. The number of hydrogen-bond acceptors (Lipinski definition) is 3. The first-order valence-electron chi connectivity index (χ1n) is 3.81. The number of nitrogens with one attached hydrogen (secondary N) is 1. The Labute approximate surface area is 82.4 Å². The van der Waals surface area contributed by atoms with Gasteiger partial charge in [-0.05, 0) is 12.1 Å². The van der Waals surface area contributed by atoms with Gasteiger partial charge in [0.05, 0.1) is 5.69 Å². The average molecular weight is 221 g/mol. The predicted molar refractivity (Wildman–Crippen MR) is 48.1 cm³/mol. The Morgan fingerprint density at radius 1 is 1.29 bits per heavy atom. The molecule has 2 nitrogen and oxygen atoms in total. The molecule has 1 unspecified atom stereocenters. The van der Waals surface area contributed by atoms with Gasteiger partial charge in [-0.2, -0.15) is 13.2 Å². The lowest BCUT2D eigenvalue weighted by Gasteiger charge is -2.12. The number of benzene rings is 1. The summed E-state index contributed by atoms with van der Waals surface area (Å²) >= 11 is -0.212. The molecule has 0 bridgehead atoms. The Bertz CT molecular complexity index is 317. The van der Waals surface area contributed by atoms with Crippen molar-refractivity contribution in [3.8, 4) is 5.75 Å². The van der Waals surface area contributed by atoms with Crippen molar-refractivity contribution in [3.63, 3.8) is 0 Å². The monoisotopic (exact) mass is 221 g/mol. The van der Waals surface area contributed by atoms with E-state index in [2.05, 4.69) is 5.32 Å². The van der Waals surface area contributed by atoms with Crippen molar-refractivity contribution in [3.05, 3.63) is 24.3 Å². The molecule has 0 amide bonds. The van der Waals surface area contributed by atoms with Gasteiger partial charge in [0.25, 0.3) is 0 Å².